The van der Waals surface area contributed by atoms with E-state index in [-0.39, 0.29) is 6.04 Å². The van der Waals surface area contributed by atoms with Gasteiger partial charge in [0, 0.05) is 6.04 Å². The molecule has 1 aromatic carbocycles. The minimum Gasteiger partial charge on any atom is -0.258 e. The van der Waals surface area contributed by atoms with Crippen LogP contribution in [-0.4, -0.2) is 19.4 Å². The zero-order chi connectivity index (χ0) is 15.3. The maximum atomic E-state index is 13.4. The van der Waals surface area contributed by atoms with Crippen LogP contribution in [0.1, 0.15) is 33.1 Å². The van der Waals surface area contributed by atoms with Crippen LogP contribution in [0.3, 0.4) is 0 Å². The first kappa shape index (κ1) is 16.5. The summed E-state index contributed by atoms with van der Waals surface area (Å²) in [5, 5.41) is 10.8. The Morgan fingerprint density at radius 1 is 1.45 bits per heavy atom. The van der Waals surface area contributed by atoms with Crippen LogP contribution in [0.15, 0.2) is 23.1 Å². The van der Waals surface area contributed by atoms with Crippen molar-refractivity contribution in [2.75, 3.05) is 0 Å². The highest BCUT2D eigenvalue weighted by Gasteiger charge is 2.30. The van der Waals surface area contributed by atoms with Gasteiger partial charge in [-0.1, -0.05) is 25.8 Å². The molecule has 1 unspecified atom stereocenters. The highest BCUT2D eigenvalue weighted by molar-refractivity contribution is 7.89. The maximum Gasteiger partial charge on any atom is 0.324 e. The van der Waals surface area contributed by atoms with Crippen LogP contribution in [0.5, 0.6) is 0 Å². The Bertz CT molecular complexity index is 589. The summed E-state index contributed by atoms with van der Waals surface area (Å²) in [6, 6.07) is 2.64. The average Bonchev–Trinajstić information content (AvgIpc) is 2.35. The Labute approximate surface area is 117 Å². The molecule has 8 heteroatoms. The van der Waals surface area contributed by atoms with E-state index < -0.39 is 31.3 Å². The fourth-order valence-corrected chi connectivity index (χ4v) is 3.25. The van der Waals surface area contributed by atoms with Gasteiger partial charge in [0.2, 0.25) is 15.8 Å². The SMILES string of the molecule is CCCCC(C)NS(=O)(=O)c1cccc(F)c1[N+](=O)[O-]. The van der Waals surface area contributed by atoms with Gasteiger partial charge in [-0.05, 0) is 25.5 Å². The van der Waals surface area contributed by atoms with Crippen LogP contribution < -0.4 is 4.72 Å². The third-order valence-electron chi connectivity index (χ3n) is 2.77. The predicted octanol–water partition coefficient (Wildman–Crippen LogP) is 2.59. The largest absolute Gasteiger partial charge is 0.324 e. The van der Waals surface area contributed by atoms with Crippen LogP contribution in [0.4, 0.5) is 10.1 Å². The van der Waals surface area contributed by atoms with E-state index >= 15 is 0 Å². The zero-order valence-electron chi connectivity index (χ0n) is 11.3. The van der Waals surface area contributed by atoms with Gasteiger partial charge in [0.05, 0.1) is 4.92 Å². The van der Waals surface area contributed by atoms with E-state index in [1.165, 1.54) is 0 Å². The van der Waals surface area contributed by atoms with Crippen molar-refractivity contribution in [3.8, 4) is 0 Å². The molecule has 0 spiro atoms. The van der Waals surface area contributed by atoms with Crippen LogP contribution in [0.2, 0.25) is 0 Å². The molecule has 0 amide bonds. The first-order valence-electron chi connectivity index (χ1n) is 6.24. The molecule has 1 atom stereocenters. The summed E-state index contributed by atoms with van der Waals surface area (Å²) in [6.07, 6.45) is 2.35. The minimum atomic E-state index is -4.12. The third kappa shape index (κ3) is 3.97. The molecule has 0 saturated carbocycles. The first-order valence-corrected chi connectivity index (χ1v) is 7.73. The Hall–Kier alpha value is -1.54. The highest BCUT2D eigenvalue weighted by atomic mass is 32.2. The monoisotopic (exact) mass is 304 g/mol. The predicted molar refractivity (Wildman–Crippen MR) is 72.4 cm³/mol. The van der Waals surface area contributed by atoms with Crippen LogP contribution in [0.25, 0.3) is 0 Å². The quantitative estimate of drug-likeness (QED) is 0.619. The average molecular weight is 304 g/mol. The lowest BCUT2D eigenvalue weighted by Gasteiger charge is -2.13. The summed E-state index contributed by atoms with van der Waals surface area (Å²) >= 11 is 0. The molecule has 0 bridgehead atoms. The van der Waals surface area contributed by atoms with Crippen molar-refractivity contribution in [2.24, 2.45) is 0 Å². The van der Waals surface area contributed by atoms with Crippen LogP contribution in [-0.2, 0) is 10.0 Å². The van der Waals surface area contributed by atoms with Gasteiger partial charge in [0.1, 0.15) is 0 Å². The van der Waals surface area contributed by atoms with Crippen LogP contribution >= 0.6 is 0 Å². The summed E-state index contributed by atoms with van der Waals surface area (Å²) in [5.74, 6) is -1.17. The number of benzene rings is 1. The molecule has 0 aromatic heterocycles. The molecule has 1 aromatic rings. The molecule has 1 rings (SSSR count). The summed E-state index contributed by atoms with van der Waals surface area (Å²) < 4.78 is 40.0. The maximum absolute atomic E-state index is 13.4. The molecule has 0 heterocycles. The van der Waals surface area contributed by atoms with E-state index in [1.54, 1.807) is 6.92 Å². The van der Waals surface area contributed by atoms with Crippen molar-refractivity contribution in [1.82, 2.24) is 4.72 Å². The number of sulfonamides is 1. The van der Waals surface area contributed by atoms with Crippen LogP contribution in [0, 0.1) is 15.9 Å². The Morgan fingerprint density at radius 2 is 2.10 bits per heavy atom. The van der Waals surface area contributed by atoms with E-state index in [0.29, 0.717) is 6.42 Å². The molecule has 0 fully saturated rings. The lowest BCUT2D eigenvalue weighted by molar-refractivity contribution is -0.390. The number of hydrogen-bond donors (Lipinski definition) is 1. The van der Waals surface area contributed by atoms with Gasteiger partial charge in [-0.15, -0.1) is 0 Å². The van der Waals surface area contributed by atoms with Gasteiger partial charge < -0.3 is 0 Å². The van der Waals surface area contributed by atoms with Crippen molar-refractivity contribution < 1.29 is 17.7 Å². The minimum absolute atomic E-state index is 0.372. The molecule has 0 radical (unpaired) electrons. The molecule has 0 aliphatic rings. The second-order valence-corrected chi connectivity index (χ2v) is 6.19. The van der Waals surface area contributed by atoms with E-state index in [4.69, 9.17) is 0 Å². The molecule has 0 aliphatic heterocycles. The van der Waals surface area contributed by atoms with E-state index in [0.717, 1.165) is 31.0 Å². The number of halogens is 1. The van der Waals surface area contributed by atoms with E-state index in [1.807, 2.05) is 6.92 Å². The van der Waals surface area contributed by atoms with E-state index in [9.17, 15) is 22.9 Å². The van der Waals surface area contributed by atoms with Crippen molar-refractivity contribution in [3.63, 3.8) is 0 Å². The molecule has 112 valence electrons. The number of hydrogen-bond acceptors (Lipinski definition) is 4. The zero-order valence-corrected chi connectivity index (χ0v) is 12.1. The second kappa shape index (κ2) is 6.76. The first-order chi connectivity index (χ1) is 9.29. The summed E-state index contributed by atoms with van der Waals surface area (Å²) in [7, 11) is -4.12. The second-order valence-electron chi connectivity index (χ2n) is 4.51. The number of nitro benzene ring substituents is 1. The third-order valence-corrected chi connectivity index (χ3v) is 4.39. The fraction of sp³-hybridized carbons (Fsp3) is 0.500. The fourth-order valence-electron chi connectivity index (χ4n) is 1.79. The molecule has 20 heavy (non-hydrogen) atoms. The summed E-state index contributed by atoms with van der Waals surface area (Å²) in [4.78, 5) is 9.15. The molecule has 0 aliphatic carbocycles. The molecule has 1 N–H and O–H groups in total. The number of unbranched alkanes of at least 4 members (excludes halogenated alkanes) is 1. The van der Waals surface area contributed by atoms with Gasteiger partial charge in [0.25, 0.3) is 0 Å². The molecular weight excluding hydrogens is 287 g/mol. The number of nitrogens with one attached hydrogen (secondary N) is 1. The van der Waals surface area contributed by atoms with Gasteiger partial charge in [0.15, 0.2) is 4.90 Å². The highest BCUT2D eigenvalue weighted by Crippen LogP contribution is 2.26. The van der Waals surface area contributed by atoms with Crippen molar-refractivity contribution in [3.05, 3.63) is 34.1 Å². The summed E-state index contributed by atoms with van der Waals surface area (Å²) in [6.45, 7) is 3.64. The van der Waals surface area contributed by atoms with Gasteiger partial charge in [-0.3, -0.25) is 10.1 Å². The normalized spacial score (nSPS) is 13.2. The smallest absolute Gasteiger partial charge is 0.258 e. The van der Waals surface area contributed by atoms with Crippen molar-refractivity contribution in [1.29, 1.82) is 0 Å². The number of nitrogens with zero attached hydrogens (tertiary/aromatic N) is 1. The topological polar surface area (TPSA) is 89.3 Å². The Kier molecular flexibility index (Phi) is 5.58. The molecule has 0 saturated heterocycles. The lowest BCUT2D eigenvalue weighted by Crippen LogP contribution is -2.33. The van der Waals surface area contributed by atoms with E-state index in [2.05, 4.69) is 4.72 Å². The van der Waals surface area contributed by atoms with Crippen molar-refractivity contribution in [2.45, 2.75) is 44.0 Å². The standard InChI is InChI=1S/C12H17FN2O4S/c1-3-4-6-9(2)14-20(18,19)11-8-5-7-10(13)12(11)15(16)17/h5,7-9,14H,3-4,6H2,1-2H3. The number of para-hydroxylation sites is 1. The van der Waals surface area contributed by atoms with Gasteiger partial charge >= 0.3 is 5.69 Å². The Balaban J connectivity index is 3.10. The lowest BCUT2D eigenvalue weighted by atomic mass is 10.2. The van der Waals surface area contributed by atoms with Gasteiger partial charge in [-0.25, -0.2) is 13.1 Å². The molecular formula is C12H17FN2O4S. The number of rotatable bonds is 7. The Morgan fingerprint density at radius 3 is 2.65 bits per heavy atom. The summed E-state index contributed by atoms with van der Waals surface area (Å²) in [5.41, 5.74) is -1.03. The molecule has 6 nitrogen and oxygen atoms in total. The van der Waals surface area contributed by atoms with Gasteiger partial charge in [-0.2, -0.15) is 4.39 Å². The number of nitro groups is 1. The van der Waals surface area contributed by atoms with Crippen molar-refractivity contribution >= 4 is 15.7 Å².